The third kappa shape index (κ3) is 2.50. The zero-order chi connectivity index (χ0) is 12.4. The van der Waals surface area contributed by atoms with Gasteiger partial charge in [0.25, 0.3) is 0 Å². The summed E-state index contributed by atoms with van der Waals surface area (Å²) in [5, 5.41) is 9.15. The lowest BCUT2D eigenvalue weighted by molar-refractivity contribution is 0.0697. The molecule has 92 valence electrons. The second-order valence-corrected chi connectivity index (χ2v) is 4.35. The van der Waals surface area contributed by atoms with Crippen molar-refractivity contribution >= 4 is 23.4 Å². The monoisotopic (exact) mass is 256 g/mol. The van der Waals surface area contributed by atoms with E-state index in [0.29, 0.717) is 25.6 Å². The largest absolute Gasteiger partial charge is 0.478 e. The molecule has 1 saturated heterocycles. The molecule has 1 aliphatic rings. The van der Waals surface area contributed by atoms with Gasteiger partial charge in [0.15, 0.2) is 0 Å². The zero-order valence-electron chi connectivity index (χ0n) is 9.39. The molecule has 0 saturated carbocycles. The second kappa shape index (κ2) is 4.89. The summed E-state index contributed by atoms with van der Waals surface area (Å²) in [6, 6.07) is 1.69. The van der Waals surface area contributed by atoms with Gasteiger partial charge in [0, 0.05) is 12.7 Å². The minimum absolute atomic E-state index is 0.0790. The molecule has 1 unspecified atom stereocenters. The Labute approximate surface area is 104 Å². The molecule has 5 nitrogen and oxygen atoms in total. The van der Waals surface area contributed by atoms with Crippen LogP contribution in [0.1, 0.15) is 17.3 Å². The first-order valence-electron chi connectivity index (χ1n) is 5.33. The van der Waals surface area contributed by atoms with Crippen LogP contribution >= 0.6 is 11.6 Å². The van der Waals surface area contributed by atoms with Gasteiger partial charge in [-0.15, -0.1) is 0 Å². The van der Waals surface area contributed by atoms with Crippen LogP contribution in [0.4, 0.5) is 5.82 Å². The Hall–Kier alpha value is -1.33. The van der Waals surface area contributed by atoms with Crippen molar-refractivity contribution < 1.29 is 14.6 Å². The molecule has 2 rings (SSSR count). The summed E-state index contributed by atoms with van der Waals surface area (Å²) in [5.41, 5.74) is 0.0790. The number of hydrogen-bond donors (Lipinski definition) is 1. The molecule has 17 heavy (non-hydrogen) atoms. The fraction of sp³-hybridized carbons (Fsp3) is 0.455. The van der Waals surface area contributed by atoms with E-state index in [0.717, 1.165) is 0 Å². The van der Waals surface area contributed by atoms with E-state index in [1.807, 2.05) is 11.8 Å². The summed E-state index contributed by atoms with van der Waals surface area (Å²) in [6.07, 6.45) is 1.38. The topological polar surface area (TPSA) is 62.7 Å². The van der Waals surface area contributed by atoms with Gasteiger partial charge in [0.2, 0.25) is 0 Å². The first-order chi connectivity index (χ1) is 8.09. The molecule has 0 aromatic carbocycles. The molecule has 0 radical (unpaired) electrons. The summed E-state index contributed by atoms with van der Waals surface area (Å²) >= 11 is 5.78. The standard InChI is InChI=1S/C11H13ClN2O3/c1-7-6-17-3-2-14(7)10-4-8(11(15)16)9(12)5-13-10/h4-5,7H,2-3,6H2,1H3,(H,15,16). The van der Waals surface area contributed by atoms with Gasteiger partial charge in [-0.1, -0.05) is 11.6 Å². The fourth-order valence-electron chi connectivity index (χ4n) is 1.82. The van der Waals surface area contributed by atoms with E-state index in [1.54, 1.807) is 0 Å². The maximum atomic E-state index is 11.0. The van der Waals surface area contributed by atoms with Crippen molar-refractivity contribution in [3.8, 4) is 0 Å². The molecule has 1 fully saturated rings. The number of pyridine rings is 1. The van der Waals surface area contributed by atoms with Gasteiger partial charge in [-0.3, -0.25) is 0 Å². The summed E-state index contributed by atoms with van der Waals surface area (Å²) in [5.74, 6) is -0.415. The lowest BCUT2D eigenvalue weighted by atomic mass is 10.2. The minimum atomic E-state index is -1.04. The van der Waals surface area contributed by atoms with Crippen LogP contribution in [0.15, 0.2) is 12.3 Å². The molecule has 0 bridgehead atoms. The van der Waals surface area contributed by atoms with E-state index < -0.39 is 5.97 Å². The number of aromatic nitrogens is 1. The van der Waals surface area contributed by atoms with Crippen molar-refractivity contribution in [3.63, 3.8) is 0 Å². The Morgan fingerprint density at radius 1 is 1.71 bits per heavy atom. The Morgan fingerprint density at radius 2 is 2.47 bits per heavy atom. The van der Waals surface area contributed by atoms with Crippen LogP contribution in [0.25, 0.3) is 0 Å². The average molecular weight is 257 g/mol. The third-order valence-electron chi connectivity index (χ3n) is 2.73. The Kier molecular flexibility index (Phi) is 3.49. The second-order valence-electron chi connectivity index (χ2n) is 3.94. The van der Waals surface area contributed by atoms with E-state index in [1.165, 1.54) is 12.3 Å². The summed E-state index contributed by atoms with van der Waals surface area (Å²) in [4.78, 5) is 17.2. The van der Waals surface area contributed by atoms with Crippen LogP contribution < -0.4 is 4.90 Å². The smallest absolute Gasteiger partial charge is 0.337 e. The van der Waals surface area contributed by atoms with Crippen molar-refractivity contribution in [3.05, 3.63) is 22.8 Å². The summed E-state index contributed by atoms with van der Waals surface area (Å²) in [6.45, 7) is 3.95. The lowest BCUT2D eigenvalue weighted by Gasteiger charge is -2.34. The highest BCUT2D eigenvalue weighted by molar-refractivity contribution is 6.33. The summed E-state index contributed by atoms with van der Waals surface area (Å²) in [7, 11) is 0. The molecule has 0 spiro atoms. The number of aromatic carboxylic acids is 1. The average Bonchev–Trinajstić information content (AvgIpc) is 2.30. The molecule has 1 atom stereocenters. The highest BCUT2D eigenvalue weighted by atomic mass is 35.5. The number of nitrogens with zero attached hydrogens (tertiary/aromatic N) is 2. The van der Waals surface area contributed by atoms with E-state index in [9.17, 15) is 4.79 Å². The first kappa shape index (κ1) is 12.1. The van der Waals surface area contributed by atoms with Gasteiger partial charge in [-0.2, -0.15) is 0 Å². The van der Waals surface area contributed by atoms with E-state index in [4.69, 9.17) is 21.4 Å². The molecular weight excluding hydrogens is 244 g/mol. The highest BCUT2D eigenvalue weighted by Gasteiger charge is 2.21. The van der Waals surface area contributed by atoms with Crippen LogP contribution in [0.5, 0.6) is 0 Å². The molecule has 0 aliphatic carbocycles. The lowest BCUT2D eigenvalue weighted by Crippen LogP contribution is -2.44. The Morgan fingerprint density at radius 3 is 3.12 bits per heavy atom. The first-order valence-corrected chi connectivity index (χ1v) is 5.70. The van der Waals surface area contributed by atoms with E-state index >= 15 is 0 Å². The Balaban J connectivity index is 2.32. The number of rotatable bonds is 2. The van der Waals surface area contributed by atoms with Gasteiger partial charge in [-0.05, 0) is 13.0 Å². The maximum Gasteiger partial charge on any atom is 0.337 e. The van der Waals surface area contributed by atoms with Gasteiger partial charge < -0.3 is 14.7 Å². The predicted octanol–water partition coefficient (Wildman–Crippen LogP) is 1.66. The number of carbonyl (C=O) groups is 1. The van der Waals surface area contributed by atoms with Crippen molar-refractivity contribution in [1.82, 2.24) is 4.98 Å². The molecule has 1 aromatic rings. The van der Waals surface area contributed by atoms with Gasteiger partial charge in [0.1, 0.15) is 5.82 Å². The van der Waals surface area contributed by atoms with E-state index in [2.05, 4.69) is 4.98 Å². The van der Waals surface area contributed by atoms with Crippen molar-refractivity contribution in [2.75, 3.05) is 24.7 Å². The molecule has 1 N–H and O–H groups in total. The predicted molar refractivity (Wildman–Crippen MR) is 63.8 cm³/mol. The van der Waals surface area contributed by atoms with Gasteiger partial charge >= 0.3 is 5.97 Å². The number of carboxylic acids is 1. The van der Waals surface area contributed by atoms with Crippen LogP contribution in [0.3, 0.4) is 0 Å². The fourth-order valence-corrected chi connectivity index (χ4v) is 2.00. The van der Waals surface area contributed by atoms with E-state index in [-0.39, 0.29) is 16.6 Å². The maximum absolute atomic E-state index is 11.0. The molecule has 6 heteroatoms. The number of ether oxygens (including phenoxy) is 1. The van der Waals surface area contributed by atoms with Crippen molar-refractivity contribution in [2.45, 2.75) is 13.0 Å². The molecule has 1 aliphatic heterocycles. The number of carboxylic acid groups (broad SMARTS) is 1. The number of hydrogen-bond acceptors (Lipinski definition) is 4. The highest BCUT2D eigenvalue weighted by Crippen LogP contribution is 2.23. The van der Waals surface area contributed by atoms with Crippen LogP contribution in [0, 0.1) is 0 Å². The minimum Gasteiger partial charge on any atom is -0.478 e. The number of morpholine rings is 1. The molecule has 1 aromatic heterocycles. The van der Waals surface area contributed by atoms with Crippen LogP contribution in [0.2, 0.25) is 5.02 Å². The quantitative estimate of drug-likeness (QED) is 0.872. The molecule has 2 heterocycles. The van der Waals surface area contributed by atoms with Crippen molar-refractivity contribution in [1.29, 1.82) is 0 Å². The van der Waals surface area contributed by atoms with Crippen LogP contribution in [-0.2, 0) is 4.74 Å². The van der Waals surface area contributed by atoms with Gasteiger partial charge in [0.05, 0.1) is 29.8 Å². The zero-order valence-corrected chi connectivity index (χ0v) is 10.1. The van der Waals surface area contributed by atoms with Gasteiger partial charge in [-0.25, -0.2) is 9.78 Å². The Bertz CT molecular complexity index is 439. The third-order valence-corrected chi connectivity index (χ3v) is 3.03. The normalized spacial score (nSPS) is 20.4. The molecule has 0 amide bonds. The van der Waals surface area contributed by atoms with Crippen LogP contribution in [-0.4, -0.2) is 41.9 Å². The molecular formula is C11H13ClN2O3. The number of halogens is 1. The SMILES string of the molecule is CC1COCCN1c1cc(C(=O)O)c(Cl)cn1. The summed E-state index contributed by atoms with van der Waals surface area (Å²) < 4.78 is 5.32. The van der Waals surface area contributed by atoms with Crippen molar-refractivity contribution in [2.24, 2.45) is 0 Å². The number of anilines is 1.